The van der Waals surface area contributed by atoms with Crippen LogP contribution in [0.5, 0.6) is 0 Å². The summed E-state index contributed by atoms with van der Waals surface area (Å²) in [6.45, 7) is 1.64. The second-order valence-corrected chi connectivity index (χ2v) is 6.03. The van der Waals surface area contributed by atoms with Gasteiger partial charge < -0.3 is 4.74 Å². The summed E-state index contributed by atoms with van der Waals surface area (Å²) < 4.78 is 42.9. The average Bonchev–Trinajstić information content (AvgIpc) is 2.29. The maximum Gasteiger partial charge on any atom is 0.442 e. The SMILES string of the molecule is CCOC(=O)C(Cc1ccccc1I)SC(F)(F)F. The zero-order valence-electron chi connectivity index (χ0n) is 10.0. The molecule has 7 heteroatoms. The van der Waals surface area contributed by atoms with Crippen molar-refractivity contribution in [3.8, 4) is 0 Å². The van der Waals surface area contributed by atoms with E-state index in [-0.39, 0.29) is 24.8 Å². The molecule has 0 spiro atoms. The Hall–Kier alpha value is -0.440. The minimum atomic E-state index is -4.46. The fourth-order valence-electron chi connectivity index (χ4n) is 1.43. The van der Waals surface area contributed by atoms with Gasteiger partial charge in [0.2, 0.25) is 0 Å². The molecular formula is C12H12F3IO2S. The normalized spacial score (nSPS) is 13.1. The van der Waals surface area contributed by atoms with Gasteiger partial charge in [0.15, 0.2) is 0 Å². The number of alkyl halides is 3. The molecular weight excluding hydrogens is 392 g/mol. The molecule has 0 saturated carbocycles. The summed E-state index contributed by atoms with van der Waals surface area (Å²) in [5, 5.41) is -1.27. The second kappa shape index (κ2) is 7.37. The number of esters is 1. The molecule has 0 aromatic heterocycles. The monoisotopic (exact) mass is 404 g/mol. The van der Waals surface area contributed by atoms with E-state index < -0.39 is 16.7 Å². The van der Waals surface area contributed by atoms with E-state index in [0.717, 1.165) is 3.57 Å². The van der Waals surface area contributed by atoms with Crippen LogP contribution in [-0.4, -0.2) is 23.3 Å². The minimum absolute atomic E-state index is 0.00211. The fourth-order valence-corrected chi connectivity index (χ4v) is 2.79. The molecule has 19 heavy (non-hydrogen) atoms. The Balaban J connectivity index is 2.85. The Kier molecular flexibility index (Phi) is 6.45. The topological polar surface area (TPSA) is 26.3 Å². The Morgan fingerprint density at radius 1 is 1.42 bits per heavy atom. The van der Waals surface area contributed by atoms with Crippen molar-refractivity contribution in [1.82, 2.24) is 0 Å². The predicted molar refractivity (Wildman–Crippen MR) is 76.9 cm³/mol. The lowest BCUT2D eigenvalue weighted by molar-refractivity contribution is -0.142. The van der Waals surface area contributed by atoms with Crippen molar-refractivity contribution in [2.75, 3.05) is 6.61 Å². The van der Waals surface area contributed by atoms with Crippen LogP contribution >= 0.6 is 34.4 Å². The number of carbonyl (C=O) groups is 1. The van der Waals surface area contributed by atoms with Crippen LogP contribution in [0.25, 0.3) is 0 Å². The van der Waals surface area contributed by atoms with Crippen LogP contribution in [0.2, 0.25) is 0 Å². The molecule has 1 rings (SSSR count). The lowest BCUT2D eigenvalue weighted by Crippen LogP contribution is -2.26. The summed E-state index contributed by atoms with van der Waals surface area (Å²) in [6.07, 6.45) is 0.00211. The van der Waals surface area contributed by atoms with Crippen molar-refractivity contribution < 1.29 is 22.7 Å². The number of hydrogen-bond acceptors (Lipinski definition) is 3. The number of halogens is 4. The molecule has 1 atom stereocenters. The molecule has 0 aliphatic heterocycles. The van der Waals surface area contributed by atoms with Gasteiger partial charge in [0.25, 0.3) is 0 Å². The summed E-state index contributed by atoms with van der Waals surface area (Å²) in [5.74, 6) is -0.829. The Morgan fingerprint density at radius 3 is 2.58 bits per heavy atom. The highest BCUT2D eigenvalue weighted by molar-refractivity contribution is 14.1. The van der Waals surface area contributed by atoms with E-state index in [0.29, 0.717) is 5.56 Å². The van der Waals surface area contributed by atoms with Gasteiger partial charge in [-0.2, -0.15) is 13.2 Å². The number of ether oxygens (including phenoxy) is 1. The largest absolute Gasteiger partial charge is 0.465 e. The van der Waals surface area contributed by atoms with Gasteiger partial charge in [0.05, 0.1) is 6.61 Å². The first-order valence-electron chi connectivity index (χ1n) is 5.48. The first-order chi connectivity index (χ1) is 8.83. The van der Waals surface area contributed by atoms with Crippen molar-refractivity contribution in [3.05, 3.63) is 33.4 Å². The number of thioether (sulfide) groups is 1. The highest BCUT2D eigenvalue weighted by Gasteiger charge is 2.37. The van der Waals surface area contributed by atoms with Crippen molar-refractivity contribution in [2.24, 2.45) is 0 Å². The number of rotatable bonds is 5. The van der Waals surface area contributed by atoms with E-state index in [9.17, 15) is 18.0 Å². The molecule has 0 radical (unpaired) electrons. The second-order valence-electron chi connectivity index (χ2n) is 3.60. The summed E-state index contributed by atoms with van der Waals surface area (Å²) in [5.41, 5.74) is -3.75. The molecule has 0 heterocycles. The third kappa shape index (κ3) is 6.03. The summed E-state index contributed by atoms with van der Waals surface area (Å²) in [7, 11) is 0. The van der Waals surface area contributed by atoms with Crippen LogP contribution in [0.1, 0.15) is 12.5 Å². The Morgan fingerprint density at radius 2 is 2.05 bits per heavy atom. The molecule has 106 valence electrons. The van der Waals surface area contributed by atoms with Crippen molar-refractivity contribution >= 4 is 40.3 Å². The van der Waals surface area contributed by atoms with Gasteiger partial charge in [-0.05, 0) is 59.3 Å². The van der Waals surface area contributed by atoms with Crippen LogP contribution in [0.4, 0.5) is 13.2 Å². The van der Waals surface area contributed by atoms with E-state index in [1.165, 1.54) is 0 Å². The van der Waals surface area contributed by atoms with Gasteiger partial charge in [-0.15, -0.1) is 0 Å². The van der Waals surface area contributed by atoms with Crippen molar-refractivity contribution in [1.29, 1.82) is 0 Å². The Labute approximate surface area is 127 Å². The average molecular weight is 404 g/mol. The van der Waals surface area contributed by atoms with E-state index >= 15 is 0 Å². The molecule has 2 nitrogen and oxygen atoms in total. The molecule has 1 aromatic carbocycles. The minimum Gasteiger partial charge on any atom is -0.465 e. The molecule has 1 aromatic rings. The molecule has 0 aliphatic carbocycles. The standard InChI is InChI=1S/C12H12F3IO2S/c1-2-18-11(17)10(19-12(13,14)15)7-8-5-3-4-6-9(8)16/h3-6,10H,2,7H2,1H3. The van der Waals surface area contributed by atoms with Gasteiger partial charge in [0.1, 0.15) is 5.25 Å². The highest BCUT2D eigenvalue weighted by atomic mass is 127. The highest BCUT2D eigenvalue weighted by Crippen LogP contribution is 2.36. The van der Waals surface area contributed by atoms with Crippen molar-refractivity contribution in [2.45, 2.75) is 24.1 Å². The predicted octanol–water partition coefficient (Wildman–Crippen LogP) is 4.02. The van der Waals surface area contributed by atoms with Gasteiger partial charge in [0, 0.05) is 3.57 Å². The molecule has 1 unspecified atom stereocenters. The van der Waals surface area contributed by atoms with Crippen LogP contribution in [0.3, 0.4) is 0 Å². The zero-order chi connectivity index (χ0) is 14.5. The van der Waals surface area contributed by atoms with Gasteiger partial charge in [-0.3, -0.25) is 4.79 Å². The van der Waals surface area contributed by atoms with Gasteiger partial charge in [-0.1, -0.05) is 18.2 Å². The first kappa shape index (κ1) is 16.6. The van der Waals surface area contributed by atoms with Gasteiger partial charge in [-0.25, -0.2) is 0 Å². The van der Waals surface area contributed by atoms with E-state index in [4.69, 9.17) is 4.74 Å². The van der Waals surface area contributed by atoms with Crippen LogP contribution in [-0.2, 0) is 16.0 Å². The smallest absolute Gasteiger partial charge is 0.442 e. The molecule has 0 bridgehead atoms. The summed E-state index contributed by atoms with van der Waals surface area (Å²) >= 11 is 1.71. The molecule has 0 amide bonds. The van der Waals surface area contributed by atoms with Crippen molar-refractivity contribution in [3.63, 3.8) is 0 Å². The maximum absolute atomic E-state index is 12.5. The third-order valence-corrected chi connectivity index (χ3v) is 4.15. The molecule has 0 saturated heterocycles. The quantitative estimate of drug-likeness (QED) is 0.548. The Bertz CT molecular complexity index is 437. The van der Waals surface area contributed by atoms with Gasteiger partial charge >= 0.3 is 11.5 Å². The van der Waals surface area contributed by atoms with Crippen LogP contribution < -0.4 is 0 Å². The molecule has 0 aliphatic rings. The number of carbonyl (C=O) groups excluding carboxylic acids is 1. The number of hydrogen-bond donors (Lipinski definition) is 0. The van der Waals surface area contributed by atoms with Crippen LogP contribution in [0, 0.1) is 3.57 Å². The number of benzene rings is 1. The first-order valence-corrected chi connectivity index (χ1v) is 7.44. The summed E-state index contributed by atoms with van der Waals surface area (Å²) in [4.78, 5) is 11.6. The fraction of sp³-hybridized carbons (Fsp3) is 0.417. The summed E-state index contributed by atoms with van der Waals surface area (Å²) in [6, 6.07) is 7.03. The zero-order valence-corrected chi connectivity index (χ0v) is 13.0. The van der Waals surface area contributed by atoms with Crippen LogP contribution in [0.15, 0.2) is 24.3 Å². The molecule has 0 fully saturated rings. The maximum atomic E-state index is 12.5. The van der Waals surface area contributed by atoms with E-state index in [1.54, 1.807) is 31.2 Å². The van der Waals surface area contributed by atoms with E-state index in [1.807, 2.05) is 22.6 Å². The van der Waals surface area contributed by atoms with E-state index in [2.05, 4.69) is 0 Å². The third-order valence-electron chi connectivity index (χ3n) is 2.19. The lowest BCUT2D eigenvalue weighted by atomic mass is 10.1. The lowest BCUT2D eigenvalue weighted by Gasteiger charge is -2.17. The molecule has 0 N–H and O–H groups in total.